The van der Waals surface area contributed by atoms with E-state index in [0.717, 1.165) is 48.8 Å². The van der Waals surface area contributed by atoms with Crippen molar-refractivity contribution in [1.29, 1.82) is 0 Å². The summed E-state index contributed by atoms with van der Waals surface area (Å²) in [5.41, 5.74) is 2.31. The van der Waals surface area contributed by atoms with Gasteiger partial charge < -0.3 is 51.0 Å². The maximum Gasteiger partial charge on any atom is 0.331 e. The van der Waals surface area contributed by atoms with Crippen molar-refractivity contribution in [2.45, 2.75) is 224 Å². The minimum Gasteiger partial charge on any atom is -0.475 e. The predicted molar refractivity (Wildman–Crippen MR) is 294 cm³/mol. The molecule has 7 atom stereocenters. The fraction of sp³-hybridized carbons (Fsp3) is 0.617. The Morgan fingerprint density at radius 1 is 0.493 bits per heavy atom. The Bertz CT molecular complexity index is 1990. The molecule has 75 heavy (non-hydrogen) atoms. The highest BCUT2D eigenvalue weighted by atomic mass is 16.5. The third kappa shape index (κ3) is 30.2. The Morgan fingerprint density at radius 2 is 0.920 bits per heavy atom. The van der Waals surface area contributed by atoms with Crippen LogP contribution in [0.4, 0.5) is 0 Å². The number of ether oxygens (including phenoxy) is 2. The van der Waals surface area contributed by atoms with Crippen molar-refractivity contribution < 1.29 is 54.2 Å². The third-order valence-electron chi connectivity index (χ3n) is 13.3. The molecule has 0 aromatic heterocycles. The molecule has 3 amide bonds. The van der Waals surface area contributed by atoms with Crippen molar-refractivity contribution in [1.82, 2.24) is 16.0 Å². The van der Waals surface area contributed by atoms with Crippen molar-refractivity contribution >= 4 is 29.6 Å². The molecule has 15 heteroatoms. The van der Waals surface area contributed by atoms with E-state index in [-0.39, 0.29) is 44.8 Å². The van der Waals surface area contributed by atoms with Crippen LogP contribution in [-0.4, -0.2) is 111 Å². The first-order chi connectivity index (χ1) is 36.4. The van der Waals surface area contributed by atoms with Crippen molar-refractivity contribution in [3.63, 3.8) is 0 Å². The van der Waals surface area contributed by atoms with Crippen LogP contribution in [0.2, 0.25) is 0 Å². The minimum atomic E-state index is -1.36. The maximum atomic E-state index is 14.0. The molecule has 418 valence electrons. The van der Waals surface area contributed by atoms with E-state index >= 15 is 0 Å². The van der Waals surface area contributed by atoms with Gasteiger partial charge in [0.1, 0.15) is 25.3 Å². The number of aliphatic hydroxyl groups excluding tert-OH is 5. The number of nitrogens with zero attached hydrogens (tertiary/aromatic N) is 1. The molecule has 8 N–H and O–H groups in total. The number of hydrogen-bond donors (Lipinski definition) is 8. The van der Waals surface area contributed by atoms with Gasteiger partial charge in [0.25, 0.3) is 0 Å². The van der Waals surface area contributed by atoms with Crippen molar-refractivity contribution in [3.8, 4) is 0 Å². The Hall–Kier alpha value is -5.19. The smallest absolute Gasteiger partial charge is 0.331 e. The van der Waals surface area contributed by atoms with Gasteiger partial charge in [-0.1, -0.05) is 188 Å². The number of esters is 1. The van der Waals surface area contributed by atoms with Crippen LogP contribution < -0.4 is 16.0 Å². The van der Waals surface area contributed by atoms with Crippen molar-refractivity contribution in [2.75, 3.05) is 13.2 Å². The standard InChI is InChI=1S/C60H92N4O11/c1-3-5-7-8-9-10-11-12-13-14-15-25-39-61-58(72)53(62-56(70)41-52(69)38-37-51(68)36-35-50(67)34-33-49(66)32-6-4-2)42-57(71)63-55(43-65)59(74-44-47-28-21-17-22-29-47)64-54(40-46-26-19-16-20-27-46)60(73)75-45-48-30-23-18-24-31-48/h16-24,26-31,49-55,65-69H,3-15,25,32-45H2,1-2H3,(H,61,72)(H,62,70)(H,63,71)/t49?,50?,51?,52-,53?,54-,55-/m0/s1. The summed E-state index contributed by atoms with van der Waals surface area (Å²) >= 11 is 0. The van der Waals surface area contributed by atoms with Crippen molar-refractivity contribution in [2.24, 2.45) is 4.99 Å². The number of carbonyl (C=O) groups excluding carboxylic acids is 4. The zero-order valence-corrected chi connectivity index (χ0v) is 45.1. The summed E-state index contributed by atoms with van der Waals surface area (Å²) in [6.45, 7) is 3.88. The van der Waals surface area contributed by atoms with Gasteiger partial charge in [0.2, 0.25) is 23.6 Å². The highest BCUT2D eigenvalue weighted by molar-refractivity contribution is 5.94. The monoisotopic (exact) mass is 1040 g/mol. The van der Waals surface area contributed by atoms with Gasteiger partial charge in [-0.3, -0.25) is 14.4 Å². The summed E-state index contributed by atoms with van der Waals surface area (Å²) in [6.07, 6.45) is 14.2. The first kappa shape index (κ1) is 64.1. The molecule has 0 aliphatic rings. The highest BCUT2D eigenvalue weighted by Gasteiger charge is 2.30. The highest BCUT2D eigenvalue weighted by Crippen LogP contribution is 2.17. The molecule has 0 aliphatic carbocycles. The number of aliphatic hydroxyl groups is 5. The molecule has 3 aromatic carbocycles. The molecule has 0 bridgehead atoms. The number of amides is 3. The molecule has 0 aliphatic heterocycles. The topological polar surface area (TPSA) is 236 Å². The second-order valence-corrected chi connectivity index (χ2v) is 20.0. The van der Waals surface area contributed by atoms with Gasteiger partial charge in [0.05, 0.1) is 43.9 Å². The van der Waals surface area contributed by atoms with E-state index in [1.807, 2.05) is 91.0 Å². The molecule has 0 spiro atoms. The van der Waals surface area contributed by atoms with Crippen LogP contribution in [0.3, 0.4) is 0 Å². The molecular weight excluding hydrogens is 953 g/mol. The molecule has 0 saturated carbocycles. The van der Waals surface area contributed by atoms with Gasteiger partial charge in [0, 0.05) is 13.0 Å². The summed E-state index contributed by atoms with van der Waals surface area (Å²) in [5.74, 6) is -2.81. The number of hydrogen-bond acceptors (Lipinski definition) is 12. The zero-order chi connectivity index (χ0) is 54.3. The van der Waals surface area contributed by atoms with Crippen LogP contribution in [0.5, 0.6) is 0 Å². The van der Waals surface area contributed by atoms with Gasteiger partial charge in [-0.2, -0.15) is 0 Å². The lowest BCUT2D eigenvalue weighted by Crippen LogP contribution is -2.52. The molecule has 4 unspecified atom stereocenters. The summed E-state index contributed by atoms with van der Waals surface area (Å²) in [5, 5.41) is 61.0. The van der Waals surface area contributed by atoms with Gasteiger partial charge in [-0.15, -0.1) is 0 Å². The Labute approximate surface area is 447 Å². The van der Waals surface area contributed by atoms with Crippen LogP contribution in [0.1, 0.15) is 178 Å². The molecule has 3 aromatic rings. The van der Waals surface area contributed by atoms with E-state index in [1.54, 1.807) is 0 Å². The Balaban J connectivity index is 1.72. The van der Waals surface area contributed by atoms with Gasteiger partial charge in [0.15, 0.2) is 6.04 Å². The van der Waals surface area contributed by atoms with E-state index in [4.69, 9.17) is 14.5 Å². The second-order valence-electron chi connectivity index (χ2n) is 20.0. The number of rotatable bonds is 42. The number of unbranched alkanes of at least 4 members (excludes halogenated alkanes) is 12. The SMILES string of the molecule is CCCCCCCCCCCCCCNC(=O)C(CC(=O)N[C@@H](CO)C(=N[C@@H](Cc1ccccc1)C(=O)OCc1ccccc1)OCc1ccccc1)NC(=O)C[C@@H](O)CCC(O)CCC(O)CCC(O)CCCC. The molecule has 15 nitrogen and oxygen atoms in total. The van der Waals surface area contributed by atoms with E-state index in [0.29, 0.717) is 38.6 Å². The molecule has 3 rings (SSSR count). The summed E-state index contributed by atoms with van der Waals surface area (Å²) in [4.78, 5) is 59.8. The van der Waals surface area contributed by atoms with E-state index in [1.165, 1.54) is 51.4 Å². The Morgan fingerprint density at radius 3 is 1.43 bits per heavy atom. The maximum absolute atomic E-state index is 14.0. The fourth-order valence-electron chi connectivity index (χ4n) is 8.69. The number of carbonyl (C=O) groups is 4. The molecule has 0 saturated heterocycles. The summed E-state index contributed by atoms with van der Waals surface area (Å²) < 4.78 is 11.9. The largest absolute Gasteiger partial charge is 0.475 e. The van der Waals surface area contributed by atoms with Gasteiger partial charge >= 0.3 is 5.97 Å². The minimum absolute atomic E-state index is 0.00822. The molecule has 0 radical (unpaired) electrons. The van der Waals surface area contributed by atoms with Crippen molar-refractivity contribution in [3.05, 3.63) is 108 Å². The summed E-state index contributed by atoms with van der Waals surface area (Å²) in [7, 11) is 0. The number of aliphatic imine (C=N–C) groups is 1. The lowest BCUT2D eigenvalue weighted by Gasteiger charge is -2.24. The second kappa shape index (κ2) is 40.1. The average molecular weight is 1050 g/mol. The van der Waals surface area contributed by atoms with Crippen LogP contribution in [0.25, 0.3) is 0 Å². The fourth-order valence-corrected chi connectivity index (χ4v) is 8.69. The van der Waals surface area contributed by atoms with Crippen LogP contribution in [-0.2, 0) is 48.3 Å². The van der Waals surface area contributed by atoms with E-state index in [9.17, 15) is 44.7 Å². The predicted octanol–water partition coefficient (Wildman–Crippen LogP) is 8.49. The van der Waals surface area contributed by atoms with Gasteiger partial charge in [-0.05, 0) is 68.1 Å². The quantitative estimate of drug-likeness (QED) is 0.0116. The molecule has 0 heterocycles. The third-order valence-corrected chi connectivity index (χ3v) is 13.3. The van der Waals surface area contributed by atoms with Gasteiger partial charge in [-0.25, -0.2) is 9.79 Å². The van der Waals surface area contributed by atoms with E-state index in [2.05, 4.69) is 29.8 Å². The molecular formula is C60H92N4O11. The Kier molecular flexibility index (Phi) is 34.3. The van der Waals surface area contributed by atoms with E-state index < -0.39 is 85.7 Å². The lowest BCUT2D eigenvalue weighted by molar-refractivity contribution is -0.146. The average Bonchev–Trinajstić information content (AvgIpc) is 3.42. The number of nitrogens with one attached hydrogen (secondary N) is 3. The van der Waals surface area contributed by atoms with Crippen LogP contribution in [0, 0.1) is 0 Å². The first-order valence-electron chi connectivity index (χ1n) is 28.1. The normalized spacial score (nSPS) is 14.4. The molecule has 0 fully saturated rings. The van der Waals surface area contributed by atoms with Crippen LogP contribution in [0.15, 0.2) is 96.0 Å². The van der Waals surface area contributed by atoms with Crippen LogP contribution >= 0.6 is 0 Å². The zero-order valence-electron chi connectivity index (χ0n) is 45.1. The summed E-state index contributed by atoms with van der Waals surface area (Å²) in [6, 6.07) is 23.8. The lowest BCUT2D eigenvalue weighted by atomic mass is 9.99. The number of benzene rings is 3. The first-order valence-corrected chi connectivity index (χ1v) is 28.1.